The number of rotatable bonds is 6. The summed E-state index contributed by atoms with van der Waals surface area (Å²) in [5.74, 6) is 2.06. The highest BCUT2D eigenvalue weighted by atomic mass is 16.5. The van der Waals surface area contributed by atoms with Crippen LogP contribution in [-0.2, 0) is 16.1 Å². The second-order valence-corrected chi connectivity index (χ2v) is 7.86. The van der Waals surface area contributed by atoms with Crippen LogP contribution in [0.25, 0.3) is 11.5 Å². The lowest BCUT2D eigenvalue weighted by atomic mass is 9.73. The number of methoxy groups -OCH3 is 1. The maximum atomic E-state index is 12.2. The van der Waals surface area contributed by atoms with Gasteiger partial charge in [-0.3, -0.25) is 14.8 Å². The monoisotopic (exact) mass is 372 g/mol. The molecule has 2 aliphatic rings. The highest BCUT2D eigenvalue weighted by molar-refractivity contribution is 5.77. The van der Waals surface area contributed by atoms with Gasteiger partial charge >= 0.3 is 0 Å². The highest BCUT2D eigenvalue weighted by Crippen LogP contribution is 2.39. The first-order chi connectivity index (χ1) is 13.2. The molecule has 0 aromatic carbocycles. The third kappa shape index (κ3) is 4.09. The second-order valence-electron chi connectivity index (χ2n) is 7.86. The molecule has 0 radical (unpaired) electrons. The van der Waals surface area contributed by atoms with Gasteiger partial charge in [-0.15, -0.1) is 0 Å². The number of furan rings is 1. The van der Waals surface area contributed by atoms with Crippen LogP contribution < -0.4 is 0 Å². The molecule has 2 saturated heterocycles. The van der Waals surface area contributed by atoms with E-state index < -0.39 is 0 Å². The number of hydrogen-bond donors (Lipinski definition) is 1. The number of piperidine rings is 2. The summed E-state index contributed by atoms with van der Waals surface area (Å²) in [4.78, 5) is 16.7. The molecule has 4 heterocycles. The zero-order valence-electron chi connectivity index (χ0n) is 15.9. The van der Waals surface area contributed by atoms with Crippen LogP contribution in [0.15, 0.2) is 28.8 Å². The molecule has 1 spiro atoms. The van der Waals surface area contributed by atoms with Crippen LogP contribution in [-0.4, -0.2) is 65.8 Å². The summed E-state index contributed by atoms with van der Waals surface area (Å²) in [5.41, 5.74) is 1.11. The van der Waals surface area contributed by atoms with Gasteiger partial charge in [-0.2, -0.15) is 5.10 Å². The molecule has 146 valence electrons. The molecule has 1 atom stereocenters. The number of hydrogen-bond acceptors (Lipinski definition) is 5. The molecular formula is C20H28N4O3. The van der Waals surface area contributed by atoms with Crippen LogP contribution in [0.4, 0.5) is 0 Å². The summed E-state index contributed by atoms with van der Waals surface area (Å²) >= 11 is 0. The summed E-state index contributed by atoms with van der Waals surface area (Å²) in [6, 6.07) is 5.95. The Balaban J connectivity index is 1.40. The Hall–Kier alpha value is -2.12. The summed E-state index contributed by atoms with van der Waals surface area (Å²) in [6.07, 6.45) is 5.73. The van der Waals surface area contributed by atoms with E-state index in [1.807, 2.05) is 23.1 Å². The van der Waals surface area contributed by atoms with E-state index >= 15 is 0 Å². The molecular weight excluding hydrogens is 344 g/mol. The fourth-order valence-electron chi connectivity index (χ4n) is 4.51. The van der Waals surface area contributed by atoms with Crippen molar-refractivity contribution in [1.29, 1.82) is 0 Å². The van der Waals surface area contributed by atoms with E-state index in [-0.39, 0.29) is 11.3 Å². The van der Waals surface area contributed by atoms with Gasteiger partial charge in [-0.05, 0) is 44.0 Å². The molecule has 27 heavy (non-hydrogen) atoms. The molecule has 2 fully saturated rings. The van der Waals surface area contributed by atoms with Crippen LogP contribution in [0.2, 0.25) is 0 Å². The number of nitrogens with one attached hydrogen (secondary N) is 1. The number of H-pyrrole nitrogens is 1. The number of amides is 1. The van der Waals surface area contributed by atoms with Gasteiger partial charge < -0.3 is 14.1 Å². The Morgan fingerprint density at radius 2 is 2.22 bits per heavy atom. The average Bonchev–Trinajstić information content (AvgIpc) is 3.35. The minimum atomic E-state index is 0.207. The molecule has 4 rings (SSSR count). The number of nitrogens with zero attached hydrogens (tertiary/aromatic N) is 3. The van der Waals surface area contributed by atoms with Crippen molar-refractivity contribution >= 4 is 5.91 Å². The molecule has 0 saturated carbocycles. The highest BCUT2D eigenvalue weighted by Gasteiger charge is 2.41. The lowest BCUT2D eigenvalue weighted by Crippen LogP contribution is -2.54. The van der Waals surface area contributed by atoms with E-state index in [0.717, 1.165) is 49.8 Å². The summed E-state index contributed by atoms with van der Waals surface area (Å²) in [5, 5.41) is 6.92. The van der Waals surface area contributed by atoms with Gasteiger partial charge in [0.25, 0.3) is 0 Å². The van der Waals surface area contributed by atoms with Crippen molar-refractivity contribution in [2.45, 2.75) is 32.2 Å². The third-order valence-corrected chi connectivity index (χ3v) is 5.86. The van der Waals surface area contributed by atoms with E-state index in [1.165, 1.54) is 12.8 Å². The largest absolute Gasteiger partial charge is 0.458 e. The number of carbonyl (C=O) groups is 1. The van der Waals surface area contributed by atoms with E-state index in [1.54, 1.807) is 13.3 Å². The SMILES string of the molecule is COCCN1CC2(CCCN(Cc3ccc(-c4ccn[nH]4)o3)C2)CCC1=O. The maximum absolute atomic E-state index is 12.2. The fraction of sp³-hybridized carbons (Fsp3) is 0.600. The van der Waals surface area contributed by atoms with Crippen LogP contribution in [0.1, 0.15) is 31.4 Å². The first-order valence-electron chi connectivity index (χ1n) is 9.75. The van der Waals surface area contributed by atoms with Gasteiger partial charge in [-0.25, -0.2) is 0 Å². The van der Waals surface area contributed by atoms with Crippen molar-refractivity contribution in [2.75, 3.05) is 39.9 Å². The van der Waals surface area contributed by atoms with Crippen molar-refractivity contribution in [3.63, 3.8) is 0 Å². The lowest BCUT2D eigenvalue weighted by molar-refractivity contribution is -0.140. The van der Waals surface area contributed by atoms with Gasteiger partial charge in [0.2, 0.25) is 5.91 Å². The molecule has 0 aliphatic carbocycles. The molecule has 2 aliphatic heterocycles. The molecule has 7 nitrogen and oxygen atoms in total. The van der Waals surface area contributed by atoms with Gasteiger partial charge in [0.15, 0.2) is 5.76 Å². The predicted octanol–water partition coefficient (Wildman–Crippen LogP) is 2.52. The normalized spacial score (nSPS) is 24.0. The fourth-order valence-corrected chi connectivity index (χ4v) is 4.51. The van der Waals surface area contributed by atoms with Gasteiger partial charge in [0, 0.05) is 44.8 Å². The number of carbonyl (C=O) groups excluding carboxylic acids is 1. The van der Waals surface area contributed by atoms with Crippen LogP contribution >= 0.6 is 0 Å². The first-order valence-corrected chi connectivity index (χ1v) is 9.75. The summed E-state index contributed by atoms with van der Waals surface area (Å²) < 4.78 is 11.2. The summed E-state index contributed by atoms with van der Waals surface area (Å²) in [7, 11) is 1.69. The standard InChI is InChI=1S/C20H28N4O3/c1-26-12-11-24-15-20(8-5-19(24)25)7-2-10-23(14-20)13-16-3-4-18(27-16)17-6-9-21-22-17/h3-4,6,9H,2,5,7-8,10-15H2,1H3,(H,21,22). The molecule has 1 unspecified atom stereocenters. The minimum absolute atomic E-state index is 0.207. The number of aromatic nitrogens is 2. The zero-order valence-corrected chi connectivity index (χ0v) is 15.9. The lowest BCUT2D eigenvalue weighted by Gasteiger charge is -2.48. The van der Waals surface area contributed by atoms with E-state index in [2.05, 4.69) is 15.1 Å². The second kappa shape index (κ2) is 7.86. The van der Waals surface area contributed by atoms with Crippen LogP contribution in [0, 0.1) is 5.41 Å². The van der Waals surface area contributed by atoms with E-state index in [4.69, 9.17) is 9.15 Å². The van der Waals surface area contributed by atoms with Crippen molar-refractivity contribution < 1.29 is 13.9 Å². The van der Waals surface area contributed by atoms with Crippen molar-refractivity contribution in [3.05, 3.63) is 30.2 Å². The van der Waals surface area contributed by atoms with Crippen LogP contribution in [0.3, 0.4) is 0 Å². The first kappa shape index (κ1) is 18.3. The Morgan fingerprint density at radius 3 is 3.04 bits per heavy atom. The molecule has 2 aromatic heterocycles. The zero-order chi connectivity index (χ0) is 18.7. The molecule has 1 N–H and O–H groups in total. The maximum Gasteiger partial charge on any atom is 0.222 e. The van der Waals surface area contributed by atoms with Crippen LogP contribution in [0.5, 0.6) is 0 Å². The molecule has 1 amide bonds. The van der Waals surface area contributed by atoms with Gasteiger partial charge in [0.05, 0.1) is 13.2 Å². The average molecular weight is 372 g/mol. The molecule has 7 heteroatoms. The molecule has 0 bridgehead atoms. The smallest absolute Gasteiger partial charge is 0.222 e. The van der Waals surface area contributed by atoms with E-state index in [9.17, 15) is 4.79 Å². The molecule has 2 aromatic rings. The Morgan fingerprint density at radius 1 is 1.30 bits per heavy atom. The predicted molar refractivity (Wildman–Crippen MR) is 101 cm³/mol. The van der Waals surface area contributed by atoms with Crippen molar-refractivity contribution in [2.24, 2.45) is 5.41 Å². The minimum Gasteiger partial charge on any atom is -0.458 e. The number of ether oxygens (including phenoxy) is 1. The Labute approximate surface area is 159 Å². The van der Waals surface area contributed by atoms with Crippen molar-refractivity contribution in [1.82, 2.24) is 20.0 Å². The Bertz CT molecular complexity index is 757. The quantitative estimate of drug-likeness (QED) is 0.843. The number of aromatic amines is 1. The van der Waals surface area contributed by atoms with E-state index in [0.29, 0.717) is 19.6 Å². The van der Waals surface area contributed by atoms with Gasteiger partial charge in [0.1, 0.15) is 11.5 Å². The Kier molecular flexibility index (Phi) is 5.31. The summed E-state index contributed by atoms with van der Waals surface area (Å²) in [6.45, 7) is 5.06. The topological polar surface area (TPSA) is 74.6 Å². The third-order valence-electron chi connectivity index (χ3n) is 5.86. The number of likely N-dealkylation sites (tertiary alicyclic amines) is 2. The van der Waals surface area contributed by atoms with Gasteiger partial charge in [-0.1, -0.05) is 0 Å². The van der Waals surface area contributed by atoms with Crippen molar-refractivity contribution in [3.8, 4) is 11.5 Å².